The Morgan fingerprint density at radius 3 is 1.36 bits per heavy atom. The van der Waals surface area contributed by atoms with Crippen LogP contribution in [0.5, 0.6) is 0 Å². The van der Waals surface area contributed by atoms with Crippen LogP contribution in [0.3, 0.4) is 0 Å². The van der Waals surface area contributed by atoms with Crippen molar-refractivity contribution in [1.29, 1.82) is 0 Å². The first kappa shape index (κ1) is 24.7. The van der Waals surface area contributed by atoms with Crippen molar-refractivity contribution in [3.8, 4) is 0 Å². The zero-order valence-corrected chi connectivity index (χ0v) is 19.5. The number of fused-ring (bicyclic) bond motifs is 2. The highest BCUT2D eigenvalue weighted by molar-refractivity contribution is 5.89. The second kappa shape index (κ2) is 10.8. The van der Waals surface area contributed by atoms with Gasteiger partial charge in [0.15, 0.2) is 0 Å². The van der Waals surface area contributed by atoms with Crippen molar-refractivity contribution in [2.75, 3.05) is 26.2 Å². The van der Waals surface area contributed by atoms with E-state index in [1.54, 1.807) is 0 Å². The second-order valence-electron chi connectivity index (χ2n) is 10.1. The van der Waals surface area contributed by atoms with Gasteiger partial charge in [-0.15, -0.1) is 0 Å². The van der Waals surface area contributed by atoms with Crippen LogP contribution in [0.2, 0.25) is 0 Å². The summed E-state index contributed by atoms with van der Waals surface area (Å²) in [6.07, 6.45) is 2.47. The van der Waals surface area contributed by atoms with Gasteiger partial charge in [0.25, 0.3) is 0 Å². The van der Waals surface area contributed by atoms with Crippen LogP contribution in [-0.4, -0.2) is 58.1 Å². The maximum Gasteiger partial charge on any atom is 0.328 e. The molecular weight excluding hydrogens is 416 g/mol. The molecular formula is C27H34N2O4. The molecule has 33 heavy (non-hydrogen) atoms. The molecule has 2 aromatic rings. The molecule has 0 aromatic heterocycles. The van der Waals surface area contributed by atoms with Gasteiger partial charge in [-0.05, 0) is 28.4 Å². The van der Waals surface area contributed by atoms with Crippen molar-refractivity contribution >= 4 is 11.9 Å². The molecule has 0 spiro atoms. The molecule has 6 heteroatoms. The summed E-state index contributed by atoms with van der Waals surface area (Å²) < 4.78 is 0. The zero-order chi connectivity index (χ0) is 23.9. The van der Waals surface area contributed by atoms with E-state index in [2.05, 4.69) is 84.3 Å². The van der Waals surface area contributed by atoms with Gasteiger partial charge >= 0.3 is 11.9 Å². The predicted octanol–water partition coefficient (Wildman–Crippen LogP) is 4.13. The van der Waals surface area contributed by atoms with Gasteiger partial charge in [0.1, 0.15) is 0 Å². The molecule has 2 aromatic carbocycles. The Hall–Kier alpha value is -2.96. The van der Waals surface area contributed by atoms with Crippen LogP contribution >= 0.6 is 0 Å². The molecule has 0 unspecified atom stereocenters. The van der Waals surface area contributed by atoms with E-state index in [1.165, 1.54) is 43.7 Å². The standard InChI is InChI=1S/C23H30N2.C4H4O4/c1-22-15-23(2,18-24(16-22)13-20-9-5-3-6-10-20)19-25(17-22)14-21-11-7-4-8-12-21;5-3(6)1-2-4(7)8/h3-12H,13-19H2,1-2H3;1-2H,(H,5,6)(H,7,8)/b;2-1+. The van der Waals surface area contributed by atoms with Crippen LogP contribution < -0.4 is 0 Å². The van der Waals surface area contributed by atoms with Gasteiger partial charge in [0, 0.05) is 51.4 Å². The first-order chi connectivity index (χ1) is 15.6. The van der Waals surface area contributed by atoms with Gasteiger partial charge in [0.2, 0.25) is 0 Å². The Morgan fingerprint density at radius 2 is 1.06 bits per heavy atom. The summed E-state index contributed by atoms with van der Waals surface area (Å²) in [5.41, 5.74) is 3.68. The number of likely N-dealkylation sites (tertiary alicyclic amines) is 2. The number of piperidine rings is 2. The van der Waals surface area contributed by atoms with Crippen molar-refractivity contribution in [2.24, 2.45) is 10.8 Å². The third-order valence-corrected chi connectivity index (χ3v) is 6.14. The topological polar surface area (TPSA) is 81.1 Å². The zero-order valence-electron chi connectivity index (χ0n) is 19.5. The second-order valence-corrected chi connectivity index (χ2v) is 10.1. The molecule has 176 valence electrons. The summed E-state index contributed by atoms with van der Waals surface area (Å²) >= 11 is 0. The Balaban J connectivity index is 0.000000331. The van der Waals surface area contributed by atoms with Gasteiger partial charge in [-0.25, -0.2) is 9.59 Å². The quantitative estimate of drug-likeness (QED) is 0.644. The summed E-state index contributed by atoms with van der Waals surface area (Å²) in [4.78, 5) is 24.5. The average Bonchev–Trinajstić information content (AvgIpc) is 2.72. The lowest BCUT2D eigenvalue weighted by atomic mass is 9.65. The average molecular weight is 451 g/mol. The van der Waals surface area contributed by atoms with E-state index in [1.807, 2.05) is 0 Å². The fraction of sp³-hybridized carbons (Fsp3) is 0.407. The minimum atomic E-state index is -1.26. The monoisotopic (exact) mass is 450 g/mol. The summed E-state index contributed by atoms with van der Waals surface area (Å²) in [6, 6.07) is 21.9. The minimum Gasteiger partial charge on any atom is -0.478 e. The smallest absolute Gasteiger partial charge is 0.328 e. The maximum absolute atomic E-state index is 9.55. The lowest BCUT2D eigenvalue weighted by molar-refractivity contribution is -0.134. The van der Waals surface area contributed by atoms with E-state index in [9.17, 15) is 9.59 Å². The molecule has 0 radical (unpaired) electrons. The summed E-state index contributed by atoms with van der Waals surface area (Å²) in [6.45, 7) is 12.0. The van der Waals surface area contributed by atoms with Crippen molar-refractivity contribution < 1.29 is 19.8 Å². The Kier molecular flexibility index (Phi) is 8.06. The fourth-order valence-electron chi connectivity index (χ4n) is 5.67. The molecule has 2 fully saturated rings. The maximum atomic E-state index is 9.55. The van der Waals surface area contributed by atoms with Crippen molar-refractivity contribution in [1.82, 2.24) is 9.80 Å². The first-order valence-corrected chi connectivity index (χ1v) is 11.3. The van der Waals surface area contributed by atoms with E-state index >= 15 is 0 Å². The SMILES string of the molecule is CC12CN(Cc3ccccc3)CC(C)(CN(Cc3ccccc3)C1)C2.O=C(O)/C=C/C(=O)O. The number of benzene rings is 2. The minimum absolute atomic E-state index is 0.398. The largest absolute Gasteiger partial charge is 0.478 e. The van der Waals surface area contributed by atoms with Crippen molar-refractivity contribution in [2.45, 2.75) is 33.4 Å². The van der Waals surface area contributed by atoms with Gasteiger partial charge in [-0.2, -0.15) is 0 Å². The lowest BCUT2D eigenvalue weighted by Crippen LogP contribution is -2.61. The Labute approximate surface area is 196 Å². The highest BCUT2D eigenvalue weighted by atomic mass is 16.4. The highest BCUT2D eigenvalue weighted by Crippen LogP contribution is 2.46. The number of carboxylic acid groups (broad SMARTS) is 2. The van der Waals surface area contributed by atoms with Crippen LogP contribution in [0.4, 0.5) is 0 Å². The fourth-order valence-corrected chi connectivity index (χ4v) is 5.67. The molecule has 4 rings (SSSR count). The normalized spacial score (nSPS) is 25.3. The van der Waals surface area contributed by atoms with Crippen molar-refractivity contribution in [3.63, 3.8) is 0 Å². The molecule has 2 aliphatic heterocycles. The van der Waals surface area contributed by atoms with Crippen LogP contribution in [0.1, 0.15) is 31.4 Å². The number of rotatable bonds is 6. The molecule has 2 saturated heterocycles. The Morgan fingerprint density at radius 1 is 0.727 bits per heavy atom. The number of hydrogen-bond donors (Lipinski definition) is 2. The summed E-state index contributed by atoms with van der Waals surface area (Å²) in [5.74, 6) is -2.51. The van der Waals surface area contributed by atoms with E-state index < -0.39 is 11.9 Å². The third kappa shape index (κ3) is 7.84. The molecule has 2 heterocycles. The van der Waals surface area contributed by atoms with E-state index in [0.717, 1.165) is 13.1 Å². The lowest BCUT2D eigenvalue weighted by Gasteiger charge is -2.57. The van der Waals surface area contributed by atoms with Gasteiger partial charge in [-0.3, -0.25) is 9.80 Å². The van der Waals surface area contributed by atoms with E-state index in [-0.39, 0.29) is 0 Å². The summed E-state index contributed by atoms with van der Waals surface area (Å²) in [7, 11) is 0. The predicted molar refractivity (Wildman–Crippen MR) is 129 cm³/mol. The molecule has 0 aliphatic carbocycles. The molecule has 0 atom stereocenters. The highest BCUT2D eigenvalue weighted by Gasteiger charge is 2.48. The van der Waals surface area contributed by atoms with E-state index in [0.29, 0.717) is 23.0 Å². The van der Waals surface area contributed by atoms with E-state index in [4.69, 9.17) is 10.2 Å². The molecule has 6 nitrogen and oxygen atoms in total. The van der Waals surface area contributed by atoms with Gasteiger partial charge in [0.05, 0.1) is 0 Å². The van der Waals surface area contributed by atoms with Crippen LogP contribution in [-0.2, 0) is 22.7 Å². The number of aliphatic carboxylic acids is 2. The first-order valence-electron chi connectivity index (χ1n) is 11.3. The number of carbonyl (C=O) groups is 2. The summed E-state index contributed by atoms with van der Waals surface area (Å²) in [5, 5.41) is 15.6. The Bertz CT molecular complexity index is 869. The molecule has 0 amide bonds. The molecule has 2 N–H and O–H groups in total. The van der Waals surface area contributed by atoms with Crippen LogP contribution in [0.25, 0.3) is 0 Å². The third-order valence-electron chi connectivity index (χ3n) is 6.14. The number of hydrogen-bond acceptors (Lipinski definition) is 4. The van der Waals surface area contributed by atoms with Crippen LogP contribution in [0.15, 0.2) is 72.8 Å². The van der Waals surface area contributed by atoms with Crippen LogP contribution in [0, 0.1) is 10.8 Å². The van der Waals surface area contributed by atoms with Gasteiger partial charge in [-0.1, -0.05) is 74.5 Å². The molecule has 2 aliphatic rings. The molecule has 2 bridgehead atoms. The van der Waals surface area contributed by atoms with Gasteiger partial charge < -0.3 is 10.2 Å². The molecule has 0 saturated carbocycles. The van der Waals surface area contributed by atoms with Crippen molar-refractivity contribution in [3.05, 3.63) is 83.9 Å². The number of nitrogens with zero attached hydrogens (tertiary/aromatic N) is 2. The number of carboxylic acids is 2.